The number of aliphatic imine (C=N–C) groups is 1. The van der Waals surface area contributed by atoms with E-state index in [0.29, 0.717) is 24.2 Å². The Hall–Kier alpha value is -4.51. The summed E-state index contributed by atoms with van der Waals surface area (Å²) < 4.78 is 14.9. The van der Waals surface area contributed by atoms with Crippen molar-refractivity contribution in [2.24, 2.45) is 9.98 Å². The maximum atomic E-state index is 14.9. The second-order valence-corrected chi connectivity index (χ2v) is 8.53. The smallest absolute Gasteiger partial charge is 0.132 e. The lowest BCUT2D eigenvalue weighted by Gasteiger charge is -2.10. The van der Waals surface area contributed by atoms with E-state index in [2.05, 4.69) is 22.4 Å². The van der Waals surface area contributed by atoms with Gasteiger partial charge in [-0.3, -0.25) is 9.98 Å². The summed E-state index contributed by atoms with van der Waals surface area (Å²) in [5.74, 6) is 0.634. The minimum atomic E-state index is -0.291. The Kier molecular flexibility index (Phi) is 5.43. The third-order valence-electron chi connectivity index (χ3n) is 6.23. The van der Waals surface area contributed by atoms with Crippen molar-refractivity contribution in [3.8, 4) is 0 Å². The van der Waals surface area contributed by atoms with Crippen LogP contribution in [0.2, 0.25) is 0 Å². The minimum absolute atomic E-state index is 0.291. The van der Waals surface area contributed by atoms with Gasteiger partial charge in [-0.2, -0.15) is 0 Å². The van der Waals surface area contributed by atoms with E-state index in [9.17, 15) is 4.39 Å². The molecule has 1 aliphatic rings. The van der Waals surface area contributed by atoms with Crippen LogP contribution in [0.1, 0.15) is 11.1 Å². The molecular formula is C30H23FN4. The molecule has 0 amide bonds. The molecule has 6 rings (SSSR count). The van der Waals surface area contributed by atoms with Gasteiger partial charge in [0.25, 0.3) is 0 Å². The number of para-hydroxylation sites is 3. The Morgan fingerprint density at radius 1 is 0.800 bits per heavy atom. The van der Waals surface area contributed by atoms with Gasteiger partial charge < -0.3 is 10.3 Å². The van der Waals surface area contributed by atoms with E-state index in [0.717, 1.165) is 44.3 Å². The van der Waals surface area contributed by atoms with Gasteiger partial charge in [0.1, 0.15) is 11.6 Å². The number of H-pyrrole nitrogens is 1. The molecule has 5 heteroatoms. The fourth-order valence-corrected chi connectivity index (χ4v) is 4.56. The maximum Gasteiger partial charge on any atom is 0.132 e. The topological polar surface area (TPSA) is 52.5 Å². The zero-order valence-electron chi connectivity index (χ0n) is 19.0. The zero-order chi connectivity index (χ0) is 23.6. The molecule has 0 aliphatic carbocycles. The summed E-state index contributed by atoms with van der Waals surface area (Å²) >= 11 is 0. The summed E-state index contributed by atoms with van der Waals surface area (Å²) in [6.07, 6.45) is 0.578. The molecule has 0 saturated carbocycles. The number of halogens is 1. The molecule has 0 fully saturated rings. The Morgan fingerprint density at radius 3 is 2.43 bits per heavy atom. The van der Waals surface area contributed by atoms with Crippen molar-refractivity contribution in [3.05, 3.63) is 131 Å². The summed E-state index contributed by atoms with van der Waals surface area (Å²) in [6.45, 7) is 0.444. The summed E-state index contributed by atoms with van der Waals surface area (Å²) in [6, 6.07) is 32.9. The molecule has 4 aromatic carbocycles. The van der Waals surface area contributed by atoms with E-state index in [-0.39, 0.29) is 5.82 Å². The van der Waals surface area contributed by atoms with Gasteiger partial charge in [0.2, 0.25) is 0 Å². The third kappa shape index (κ3) is 4.13. The van der Waals surface area contributed by atoms with Crippen molar-refractivity contribution in [1.82, 2.24) is 4.98 Å². The highest BCUT2D eigenvalue weighted by atomic mass is 19.1. The van der Waals surface area contributed by atoms with Crippen LogP contribution in [-0.4, -0.2) is 17.2 Å². The molecule has 0 bridgehead atoms. The first-order chi connectivity index (χ1) is 17.3. The van der Waals surface area contributed by atoms with Crippen molar-refractivity contribution < 1.29 is 4.39 Å². The monoisotopic (exact) mass is 458 g/mol. The summed E-state index contributed by atoms with van der Waals surface area (Å²) in [5, 5.41) is 6.32. The van der Waals surface area contributed by atoms with Crippen LogP contribution in [0.15, 0.2) is 113 Å². The van der Waals surface area contributed by atoms with E-state index >= 15 is 0 Å². The molecule has 0 saturated heterocycles. The van der Waals surface area contributed by atoms with Crippen LogP contribution in [0.5, 0.6) is 0 Å². The first-order valence-corrected chi connectivity index (χ1v) is 11.6. The second kappa shape index (κ2) is 9.03. The molecule has 0 atom stereocenters. The molecule has 2 N–H and O–H groups in total. The first kappa shape index (κ1) is 21.1. The molecule has 0 unspecified atom stereocenters. The van der Waals surface area contributed by atoms with Crippen molar-refractivity contribution >= 4 is 33.8 Å². The Morgan fingerprint density at radius 2 is 1.54 bits per heavy atom. The lowest BCUT2D eigenvalue weighted by molar-refractivity contribution is 0.623. The summed E-state index contributed by atoms with van der Waals surface area (Å²) in [7, 11) is 0. The minimum Gasteiger partial charge on any atom is -0.342 e. The van der Waals surface area contributed by atoms with Crippen LogP contribution in [0.4, 0.5) is 15.9 Å². The number of aromatic nitrogens is 1. The van der Waals surface area contributed by atoms with Crippen LogP contribution in [-0.2, 0) is 6.42 Å². The molecule has 170 valence electrons. The molecule has 1 aliphatic heterocycles. The number of benzene rings is 4. The molecule has 0 radical (unpaired) electrons. The fourth-order valence-electron chi connectivity index (χ4n) is 4.56. The Labute approximate surface area is 202 Å². The highest BCUT2D eigenvalue weighted by Gasteiger charge is 2.17. The van der Waals surface area contributed by atoms with Gasteiger partial charge in [-0.15, -0.1) is 0 Å². The normalized spacial score (nSPS) is 13.1. The standard InChI is InChI=1S/C30H23FN4/c31-26-15-7-4-13-23(26)29-24-14-6-8-16-27(24)32-19-21(33-29)18-25-22-12-5-9-17-28(22)35-30(25)34-20-10-2-1-3-11-20/h1-17,34-35H,18-19H2. The van der Waals surface area contributed by atoms with E-state index in [1.165, 1.54) is 6.07 Å². The molecule has 1 aromatic heterocycles. The number of fused-ring (bicyclic) bond motifs is 2. The molecule has 0 spiro atoms. The fraction of sp³-hybridized carbons (Fsp3) is 0.0667. The SMILES string of the molecule is Fc1ccccc1C1=c2ccccc2=NCC(Cc2c(Nc3ccccc3)[nH]c3ccccc23)=N1. The molecule has 4 nitrogen and oxygen atoms in total. The van der Waals surface area contributed by atoms with Crippen LogP contribution >= 0.6 is 0 Å². The number of anilines is 2. The number of hydrogen-bond acceptors (Lipinski definition) is 3. The zero-order valence-corrected chi connectivity index (χ0v) is 19.0. The second-order valence-electron chi connectivity index (χ2n) is 8.53. The Bertz CT molecular complexity index is 1680. The van der Waals surface area contributed by atoms with Crippen LogP contribution in [0.3, 0.4) is 0 Å². The van der Waals surface area contributed by atoms with Crippen molar-refractivity contribution in [1.29, 1.82) is 0 Å². The van der Waals surface area contributed by atoms with Gasteiger partial charge in [-0.05, 0) is 36.4 Å². The van der Waals surface area contributed by atoms with Crippen LogP contribution < -0.4 is 15.9 Å². The quantitative estimate of drug-likeness (QED) is 0.358. The molecule has 5 aromatic rings. The lowest BCUT2D eigenvalue weighted by atomic mass is 10.0. The van der Waals surface area contributed by atoms with Gasteiger partial charge in [-0.1, -0.05) is 66.7 Å². The van der Waals surface area contributed by atoms with Crippen LogP contribution in [0, 0.1) is 5.82 Å². The lowest BCUT2D eigenvalue weighted by Crippen LogP contribution is -2.26. The van der Waals surface area contributed by atoms with E-state index < -0.39 is 0 Å². The summed E-state index contributed by atoms with van der Waals surface area (Å²) in [4.78, 5) is 13.4. The average Bonchev–Trinajstić information content (AvgIpc) is 3.12. The molecular weight excluding hydrogens is 435 g/mol. The highest BCUT2D eigenvalue weighted by molar-refractivity contribution is 5.99. The largest absolute Gasteiger partial charge is 0.342 e. The number of nitrogens with zero attached hydrogens (tertiary/aromatic N) is 2. The van der Waals surface area contributed by atoms with Crippen molar-refractivity contribution in [2.75, 3.05) is 11.9 Å². The number of hydrogen-bond donors (Lipinski definition) is 2. The van der Waals surface area contributed by atoms with Gasteiger partial charge in [0, 0.05) is 45.1 Å². The number of nitrogens with one attached hydrogen (secondary N) is 2. The molecule has 2 heterocycles. The summed E-state index contributed by atoms with van der Waals surface area (Å²) in [5.41, 5.74) is 5.13. The van der Waals surface area contributed by atoms with E-state index in [4.69, 9.17) is 9.98 Å². The van der Waals surface area contributed by atoms with Crippen molar-refractivity contribution in [3.63, 3.8) is 0 Å². The van der Waals surface area contributed by atoms with Crippen LogP contribution in [0.25, 0.3) is 16.6 Å². The number of rotatable bonds is 5. The predicted octanol–water partition coefficient (Wildman–Crippen LogP) is 5.52. The third-order valence-corrected chi connectivity index (χ3v) is 6.23. The van der Waals surface area contributed by atoms with E-state index in [1.807, 2.05) is 72.8 Å². The van der Waals surface area contributed by atoms with Gasteiger partial charge >= 0.3 is 0 Å². The molecule has 35 heavy (non-hydrogen) atoms. The number of aromatic amines is 1. The van der Waals surface area contributed by atoms with Gasteiger partial charge in [0.15, 0.2) is 0 Å². The van der Waals surface area contributed by atoms with Gasteiger partial charge in [-0.25, -0.2) is 4.39 Å². The average molecular weight is 459 g/mol. The van der Waals surface area contributed by atoms with E-state index in [1.54, 1.807) is 12.1 Å². The van der Waals surface area contributed by atoms with Crippen molar-refractivity contribution in [2.45, 2.75) is 6.42 Å². The van der Waals surface area contributed by atoms with Gasteiger partial charge in [0.05, 0.1) is 17.6 Å². The Balaban J connectivity index is 1.48. The first-order valence-electron chi connectivity index (χ1n) is 11.6. The predicted molar refractivity (Wildman–Crippen MR) is 140 cm³/mol. The maximum absolute atomic E-state index is 14.9. The highest BCUT2D eigenvalue weighted by Crippen LogP contribution is 2.30.